The molecule has 1 aliphatic heterocycles. The normalized spacial score (nSPS) is 17.0. The molecule has 3 aliphatic rings. The second-order valence-corrected chi connectivity index (χ2v) is 15.9. The number of allylic oxidation sites excluding steroid dienone is 1. The molecule has 0 atom stereocenters. The van der Waals surface area contributed by atoms with E-state index in [2.05, 4.69) is 41.9 Å². The molecule has 1 saturated carbocycles. The van der Waals surface area contributed by atoms with Gasteiger partial charge in [-0.15, -0.1) is 0 Å². The number of aromatic nitrogens is 2. The van der Waals surface area contributed by atoms with Gasteiger partial charge in [-0.1, -0.05) is 35.7 Å². The van der Waals surface area contributed by atoms with Crippen LogP contribution in [0.5, 0.6) is 11.5 Å². The minimum Gasteiger partial charge on any atom is -0.455 e. The number of H-pyrrole nitrogens is 1. The Morgan fingerprint density at radius 1 is 1.07 bits per heavy atom. The number of carbonyl (C=O) groups is 1. The smallest absolute Gasteiger partial charge is 0.328 e. The average Bonchev–Trinajstić information content (AvgIpc) is 3.65. The number of rotatable bonds is 11. The van der Waals surface area contributed by atoms with E-state index >= 15 is 4.39 Å². The molecule has 0 bridgehead atoms. The highest BCUT2D eigenvalue weighted by atomic mass is 35.5. The molecule has 0 radical (unpaired) electrons. The van der Waals surface area contributed by atoms with Crippen molar-refractivity contribution in [2.24, 2.45) is 5.41 Å². The third-order valence-electron chi connectivity index (χ3n) is 11.3. The average molecular weight is 782 g/mol. The summed E-state index contributed by atoms with van der Waals surface area (Å²) in [6.07, 6.45) is 10.9. The summed E-state index contributed by atoms with van der Waals surface area (Å²) in [6, 6.07) is 20.3. The van der Waals surface area contributed by atoms with E-state index in [1.807, 2.05) is 36.4 Å². The van der Waals surface area contributed by atoms with E-state index < -0.39 is 22.3 Å². The second kappa shape index (κ2) is 15.6. The quantitative estimate of drug-likeness (QED) is 0.0682. The molecule has 1 spiro atoms. The number of piperazine rings is 1. The summed E-state index contributed by atoms with van der Waals surface area (Å²) in [4.78, 5) is 36.7. The molecule has 0 unspecified atom stereocenters. The van der Waals surface area contributed by atoms with Gasteiger partial charge >= 0.3 is 5.69 Å². The van der Waals surface area contributed by atoms with Gasteiger partial charge in [0.05, 0.1) is 21.6 Å². The molecule has 284 valence electrons. The van der Waals surface area contributed by atoms with Crippen LogP contribution in [0.15, 0.2) is 89.6 Å². The van der Waals surface area contributed by atoms with Crippen molar-refractivity contribution in [3.05, 3.63) is 117 Å². The van der Waals surface area contributed by atoms with Crippen molar-refractivity contribution in [2.75, 3.05) is 50.0 Å². The zero-order chi connectivity index (χ0) is 38.1. The van der Waals surface area contributed by atoms with Gasteiger partial charge in [0.1, 0.15) is 22.8 Å². The van der Waals surface area contributed by atoms with Gasteiger partial charge in [-0.3, -0.25) is 24.5 Å². The molecular weight excluding hydrogens is 741 g/mol. The number of anilines is 2. The van der Waals surface area contributed by atoms with Gasteiger partial charge in [-0.2, -0.15) is 4.39 Å². The number of nitro groups is 1. The third kappa shape index (κ3) is 7.73. The first-order valence-electron chi connectivity index (χ1n) is 18.5. The van der Waals surface area contributed by atoms with Gasteiger partial charge in [0.15, 0.2) is 0 Å². The summed E-state index contributed by atoms with van der Waals surface area (Å²) in [6.45, 7) is 4.31. The predicted octanol–water partition coefficient (Wildman–Crippen LogP) is 9.46. The number of halogens is 2. The molecule has 2 aromatic heterocycles. The Balaban J connectivity index is 1.000. The highest BCUT2D eigenvalue weighted by Gasteiger charge is 2.41. The third-order valence-corrected chi connectivity index (χ3v) is 12.4. The zero-order valence-corrected chi connectivity index (χ0v) is 31.9. The van der Waals surface area contributed by atoms with Crippen LogP contribution in [0.3, 0.4) is 0 Å². The van der Waals surface area contributed by atoms with Crippen molar-refractivity contribution < 1.29 is 18.8 Å². The summed E-state index contributed by atoms with van der Waals surface area (Å²) in [7, 11) is 1.47. The fraction of sp³-hybridized carbons (Fsp3) is 0.317. The lowest BCUT2D eigenvalue weighted by atomic mass is 9.59. The fourth-order valence-corrected chi connectivity index (χ4v) is 8.83. The molecule has 11 nitrogen and oxygen atoms in total. The molecule has 14 heteroatoms. The number of nitro benzene ring substituents is 1. The first kappa shape index (κ1) is 36.8. The van der Waals surface area contributed by atoms with Crippen molar-refractivity contribution in [1.82, 2.24) is 19.6 Å². The maximum Gasteiger partial charge on any atom is 0.328 e. The Hall–Kier alpha value is -5.11. The van der Waals surface area contributed by atoms with Gasteiger partial charge in [-0.25, -0.2) is 4.98 Å². The number of amides is 1. The van der Waals surface area contributed by atoms with Crippen LogP contribution < -0.4 is 19.7 Å². The SMILES string of the molecule is CNc1ccc(SNC(=O)c2ccc(N3CCN(CC4=C(c5ccc(Cl)cc5)CC5(CCC5)CC4)CC3)cc2Oc2cnc3[nH]ccc3c2)c(F)c1[N+](=O)[O-]. The van der Waals surface area contributed by atoms with E-state index in [4.69, 9.17) is 16.3 Å². The zero-order valence-electron chi connectivity index (χ0n) is 30.4. The van der Waals surface area contributed by atoms with Gasteiger partial charge in [-0.05, 0) is 109 Å². The van der Waals surface area contributed by atoms with Crippen LogP contribution >= 0.6 is 23.5 Å². The van der Waals surface area contributed by atoms with E-state index in [0.29, 0.717) is 34.5 Å². The highest BCUT2D eigenvalue weighted by Crippen LogP contribution is 2.55. The van der Waals surface area contributed by atoms with Crippen molar-refractivity contribution in [1.29, 1.82) is 0 Å². The lowest BCUT2D eigenvalue weighted by Crippen LogP contribution is -2.47. The van der Waals surface area contributed by atoms with Gasteiger partial charge < -0.3 is 19.9 Å². The number of benzene rings is 3. The molecule has 3 aromatic carbocycles. The Kier molecular flexibility index (Phi) is 10.4. The van der Waals surface area contributed by atoms with Crippen LogP contribution in [0.1, 0.15) is 54.4 Å². The lowest BCUT2D eigenvalue weighted by Gasteiger charge is -2.47. The molecule has 2 fully saturated rings. The van der Waals surface area contributed by atoms with Crippen LogP contribution in [-0.2, 0) is 0 Å². The number of ether oxygens (including phenoxy) is 1. The number of hydrogen-bond acceptors (Lipinski definition) is 9. The van der Waals surface area contributed by atoms with E-state index in [0.717, 1.165) is 61.7 Å². The minimum atomic E-state index is -1.04. The van der Waals surface area contributed by atoms with Crippen LogP contribution in [0.25, 0.3) is 16.6 Å². The van der Waals surface area contributed by atoms with Crippen LogP contribution in [0, 0.1) is 21.3 Å². The van der Waals surface area contributed by atoms with Gasteiger partial charge in [0.25, 0.3) is 5.91 Å². The molecule has 8 rings (SSSR count). The number of carbonyl (C=O) groups excluding carboxylic acids is 1. The number of fused-ring (bicyclic) bond motifs is 1. The maximum absolute atomic E-state index is 15.2. The molecule has 3 N–H and O–H groups in total. The molecule has 3 heterocycles. The number of nitrogens with one attached hydrogen (secondary N) is 3. The Morgan fingerprint density at radius 3 is 2.60 bits per heavy atom. The summed E-state index contributed by atoms with van der Waals surface area (Å²) in [5.41, 5.74) is 5.98. The Bertz CT molecular complexity index is 2290. The van der Waals surface area contributed by atoms with E-state index in [9.17, 15) is 14.9 Å². The van der Waals surface area contributed by atoms with Crippen LogP contribution in [0.4, 0.5) is 21.5 Å². The largest absolute Gasteiger partial charge is 0.455 e. The van der Waals surface area contributed by atoms with Gasteiger partial charge in [0.2, 0.25) is 5.82 Å². The number of nitrogens with zero attached hydrogens (tertiary/aromatic N) is 4. The predicted molar refractivity (Wildman–Crippen MR) is 216 cm³/mol. The monoisotopic (exact) mass is 781 g/mol. The molecule has 1 amide bonds. The van der Waals surface area contributed by atoms with E-state index in [-0.39, 0.29) is 16.1 Å². The van der Waals surface area contributed by atoms with Crippen molar-refractivity contribution >= 4 is 63.1 Å². The minimum absolute atomic E-state index is 0.0360. The van der Waals surface area contributed by atoms with Crippen molar-refractivity contribution in [3.63, 3.8) is 0 Å². The molecular formula is C41H41ClFN7O4S. The van der Waals surface area contributed by atoms with E-state index in [1.165, 1.54) is 61.6 Å². The van der Waals surface area contributed by atoms with Crippen LogP contribution in [-0.4, -0.2) is 65.5 Å². The van der Waals surface area contributed by atoms with Gasteiger partial charge in [0, 0.05) is 68.1 Å². The standard InChI is InChI=1S/C41H41ClFN7O4S/c1-44-34-9-10-36(37(43)38(34)50(52)53)55-47-40(51)32-8-7-30(22-35(32)54-31-21-27-12-16-45-39(27)46-24-31)49-19-17-48(18-20-49)25-28-11-15-41(13-2-14-41)23-33(28)26-3-5-29(42)6-4-26/h3-10,12,16,21-22,24,44H,2,11,13-15,17-20,23,25H2,1H3,(H,45,46)(H,47,51). The molecule has 1 saturated heterocycles. The van der Waals surface area contributed by atoms with Crippen molar-refractivity contribution in [2.45, 2.75) is 43.4 Å². The maximum atomic E-state index is 15.2. The topological polar surface area (TPSA) is 129 Å². The summed E-state index contributed by atoms with van der Waals surface area (Å²) in [5, 5.41) is 15.8. The van der Waals surface area contributed by atoms with Crippen molar-refractivity contribution in [3.8, 4) is 11.5 Å². The molecule has 2 aliphatic carbocycles. The second-order valence-electron chi connectivity index (χ2n) is 14.6. The number of pyridine rings is 1. The Morgan fingerprint density at radius 2 is 1.87 bits per heavy atom. The first-order chi connectivity index (χ1) is 26.7. The summed E-state index contributed by atoms with van der Waals surface area (Å²) >= 11 is 6.93. The fourth-order valence-electron chi connectivity index (χ4n) is 8.07. The Labute approximate surface area is 327 Å². The summed E-state index contributed by atoms with van der Waals surface area (Å²) < 4.78 is 24.2. The van der Waals surface area contributed by atoms with E-state index in [1.54, 1.807) is 18.5 Å². The summed E-state index contributed by atoms with van der Waals surface area (Å²) in [5.74, 6) is -0.840. The highest BCUT2D eigenvalue weighted by molar-refractivity contribution is 7.98. The number of aromatic amines is 1. The molecule has 5 aromatic rings. The first-order valence-corrected chi connectivity index (χ1v) is 19.7. The molecule has 55 heavy (non-hydrogen) atoms. The number of hydrogen-bond donors (Lipinski definition) is 3. The van der Waals surface area contributed by atoms with Crippen LogP contribution in [0.2, 0.25) is 5.02 Å². The lowest BCUT2D eigenvalue weighted by molar-refractivity contribution is -0.386.